The zero-order chi connectivity index (χ0) is 17.8. The van der Waals surface area contributed by atoms with Gasteiger partial charge in [0.25, 0.3) is 0 Å². The largest absolute Gasteiger partial charge is 0.395 e. The first-order valence-electron chi connectivity index (χ1n) is 8.63. The molecule has 0 saturated heterocycles. The molecule has 0 aliphatic carbocycles. The van der Waals surface area contributed by atoms with Gasteiger partial charge >= 0.3 is 0 Å². The Kier molecular flexibility index (Phi) is 5.51. The van der Waals surface area contributed by atoms with Gasteiger partial charge < -0.3 is 9.67 Å². The average molecular weight is 353 g/mol. The summed E-state index contributed by atoms with van der Waals surface area (Å²) in [6.45, 7) is 7.02. The number of benzene rings is 2. The highest BCUT2D eigenvalue weighted by Gasteiger charge is 2.10. The summed E-state index contributed by atoms with van der Waals surface area (Å²) < 4.78 is 2.11. The van der Waals surface area contributed by atoms with Crippen molar-refractivity contribution in [2.24, 2.45) is 4.99 Å². The highest BCUT2D eigenvalue weighted by molar-refractivity contribution is 7.07. The van der Waals surface area contributed by atoms with E-state index >= 15 is 0 Å². The predicted molar refractivity (Wildman–Crippen MR) is 105 cm³/mol. The molecule has 0 aliphatic rings. The SMILES string of the molecule is CCc1ccc(N=c2scc(-c3ccc(C)cc3C)n2CCO)cc1. The lowest BCUT2D eigenvalue weighted by Crippen LogP contribution is -2.18. The summed E-state index contributed by atoms with van der Waals surface area (Å²) in [5.41, 5.74) is 7.05. The molecule has 0 fully saturated rings. The van der Waals surface area contributed by atoms with Crippen LogP contribution in [0.15, 0.2) is 52.8 Å². The Hall–Kier alpha value is -2.17. The van der Waals surface area contributed by atoms with Crippen LogP contribution in [0.1, 0.15) is 23.6 Å². The predicted octanol–water partition coefficient (Wildman–Crippen LogP) is 4.62. The molecule has 1 heterocycles. The number of aromatic nitrogens is 1. The van der Waals surface area contributed by atoms with Gasteiger partial charge in [-0.15, -0.1) is 11.3 Å². The third-order valence-electron chi connectivity index (χ3n) is 4.35. The van der Waals surface area contributed by atoms with Gasteiger partial charge in [-0.3, -0.25) is 0 Å². The molecule has 0 radical (unpaired) electrons. The molecule has 1 N–H and O–H groups in total. The van der Waals surface area contributed by atoms with E-state index in [1.54, 1.807) is 11.3 Å². The summed E-state index contributed by atoms with van der Waals surface area (Å²) in [5, 5.41) is 11.7. The second-order valence-corrected chi connectivity index (χ2v) is 7.07. The summed E-state index contributed by atoms with van der Waals surface area (Å²) in [4.78, 5) is 5.71. The highest BCUT2D eigenvalue weighted by atomic mass is 32.1. The maximum atomic E-state index is 9.52. The zero-order valence-corrected chi connectivity index (χ0v) is 15.8. The number of thiazole rings is 1. The lowest BCUT2D eigenvalue weighted by Gasteiger charge is -2.10. The van der Waals surface area contributed by atoms with Crippen molar-refractivity contribution in [2.75, 3.05) is 6.61 Å². The van der Waals surface area contributed by atoms with Gasteiger partial charge in [-0.05, 0) is 43.5 Å². The van der Waals surface area contributed by atoms with Crippen LogP contribution in [0.5, 0.6) is 0 Å². The van der Waals surface area contributed by atoms with Crippen molar-refractivity contribution in [3.8, 4) is 11.3 Å². The first kappa shape index (κ1) is 17.6. The molecule has 130 valence electrons. The van der Waals surface area contributed by atoms with Crippen molar-refractivity contribution >= 4 is 17.0 Å². The van der Waals surface area contributed by atoms with Crippen LogP contribution < -0.4 is 4.80 Å². The van der Waals surface area contributed by atoms with E-state index in [0.29, 0.717) is 6.54 Å². The Morgan fingerprint density at radius 2 is 1.84 bits per heavy atom. The molecule has 25 heavy (non-hydrogen) atoms. The van der Waals surface area contributed by atoms with Crippen molar-refractivity contribution < 1.29 is 5.11 Å². The minimum Gasteiger partial charge on any atom is -0.395 e. The molecule has 0 spiro atoms. The fourth-order valence-corrected chi connectivity index (χ4v) is 3.91. The molecule has 1 aromatic heterocycles. The van der Waals surface area contributed by atoms with Gasteiger partial charge in [-0.1, -0.05) is 42.8 Å². The molecule has 0 saturated carbocycles. The first-order chi connectivity index (χ1) is 12.1. The monoisotopic (exact) mass is 352 g/mol. The maximum absolute atomic E-state index is 9.52. The van der Waals surface area contributed by atoms with Gasteiger partial charge in [-0.25, -0.2) is 4.99 Å². The first-order valence-corrected chi connectivity index (χ1v) is 9.51. The van der Waals surface area contributed by atoms with E-state index in [0.717, 1.165) is 22.6 Å². The maximum Gasteiger partial charge on any atom is 0.190 e. The van der Waals surface area contributed by atoms with Gasteiger partial charge in [0.15, 0.2) is 4.80 Å². The number of aryl methyl sites for hydroxylation is 3. The van der Waals surface area contributed by atoms with Crippen LogP contribution in [0.4, 0.5) is 5.69 Å². The summed E-state index contributed by atoms with van der Waals surface area (Å²) in [7, 11) is 0. The van der Waals surface area contributed by atoms with E-state index in [2.05, 4.69) is 73.2 Å². The zero-order valence-electron chi connectivity index (χ0n) is 15.0. The lowest BCUT2D eigenvalue weighted by atomic mass is 10.0. The number of aliphatic hydroxyl groups excluding tert-OH is 1. The summed E-state index contributed by atoms with van der Waals surface area (Å²) in [5.74, 6) is 0. The second-order valence-electron chi connectivity index (χ2n) is 6.23. The Balaban J connectivity index is 2.08. The quantitative estimate of drug-likeness (QED) is 0.715. The normalized spacial score (nSPS) is 11.9. The molecule has 0 amide bonds. The fourth-order valence-electron chi connectivity index (χ4n) is 2.97. The summed E-state index contributed by atoms with van der Waals surface area (Å²) in [6.07, 6.45) is 1.03. The van der Waals surface area contributed by atoms with Crippen molar-refractivity contribution in [3.05, 3.63) is 69.3 Å². The van der Waals surface area contributed by atoms with Crippen molar-refractivity contribution in [2.45, 2.75) is 33.7 Å². The van der Waals surface area contributed by atoms with Gasteiger partial charge in [0.1, 0.15) is 0 Å². The Morgan fingerprint density at radius 3 is 2.48 bits per heavy atom. The lowest BCUT2D eigenvalue weighted by molar-refractivity contribution is 0.275. The third-order valence-corrected chi connectivity index (χ3v) is 5.21. The minimum absolute atomic E-state index is 0.0939. The highest BCUT2D eigenvalue weighted by Crippen LogP contribution is 2.25. The summed E-state index contributed by atoms with van der Waals surface area (Å²) >= 11 is 1.61. The molecule has 0 aliphatic heterocycles. The Labute approximate surface area is 152 Å². The van der Waals surface area contributed by atoms with Crippen molar-refractivity contribution in [3.63, 3.8) is 0 Å². The fraction of sp³-hybridized carbons (Fsp3) is 0.286. The van der Waals surface area contributed by atoms with E-state index in [-0.39, 0.29) is 6.61 Å². The van der Waals surface area contributed by atoms with E-state index in [4.69, 9.17) is 4.99 Å². The van der Waals surface area contributed by atoms with E-state index in [1.165, 1.54) is 22.3 Å². The number of rotatable bonds is 5. The average Bonchev–Trinajstić information content (AvgIpc) is 2.98. The summed E-state index contributed by atoms with van der Waals surface area (Å²) in [6, 6.07) is 14.8. The minimum atomic E-state index is 0.0939. The number of aliphatic hydroxyl groups is 1. The third kappa shape index (κ3) is 3.91. The van der Waals surface area contributed by atoms with Crippen molar-refractivity contribution in [1.29, 1.82) is 0 Å². The van der Waals surface area contributed by atoms with Gasteiger partial charge in [0.05, 0.1) is 18.0 Å². The van der Waals surface area contributed by atoms with Gasteiger partial charge in [-0.2, -0.15) is 0 Å². The second kappa shape index (κ2) is 7.81. The van der Waals surface area contributed by atoms with Crippen LogP contribution in [-0.2, 0) is 13.0 Å². The van der Waals surface area contributed by atoms with Crippen LogP contribution in [-0.4, -0.2) is 16.3 Å². The molecule has 2 aromatic carbocycles. The molecule has 0 atom stereocenters. The van der Waals surface area contributed by atoms with Crippen LogP contribution in [0.2, 0.25) is 0 Å². The molecular formula is C21H24N2OS. The topological polar surface area (TPSA) is 37.5 Å². The van der Waals surface area contributed by atoms with Crippen LogP contribution >= 0.6 is 11.3 Å². The van der Waals surface area contributed by atoms with Crippen LogP contribution in [0, 0.1) is 13.8 Å². The molecule has 3 rings (SSSR count). The van der Waals surface area contributed by atoms with Crippen molar-refractivity contribution in [1.82, 2.24) is 4.57 Å². The standard InChI is InChI=1S/C21H24N2OS/c1-4-17-6-8-18(9-7-17)22-21-23(11-12-24)20(14-25-21)19-10-5-15(2)13-16(19)3/h5-10,13-14,24H,4,11-12H2,1-3H3. The number of hydrogen-bond acceptors (Lipinski definition) is 3. The molecule has 4 heteroatoms. The molecule has 0 bridgehead atoms. The van der Waals surface area contributed by atoms with Gasteiger partial charge in [0, 0.05) is 17.5 Å². The number of hydrogen-bond donors (Lipinski definition) is 1. The van der Waals surface area contributed by atoms with E-state index in [9.17, 15) is 5.11 Å². The van der Waals surface area contributed by atoms with Crippen LogP contribution in [0.25, 0.3) is 11.3 Å². The van der Waals surface area contributed by atoms with E-state index in [1.807, 2.05) is 0 Å². The van der Waals surface area contributed by atoms with Crippen LogP contribution in [0.3, 0.4) is 0 Å². The molecule has 3 nitrogen and oxygen atoms in total. The van der Waals surface area contributed by atoms with E-state index < -0.39 is 0 Å². The molecule has 3 aromatic rings. The van der Waals surface area contributed by atoms with Gasteiger partial charge in [0.2, 0.25) is 0 Å². The Bertz CT molecular complexity index is 920. The Morgan fingerprint density at radius 1 is 1.08 bits per heavy atom. The molecule has 0 unspecified atom stereocenters. The molecular weight excluding hydrogens is 328 g/mol. The number of nitrogens with zero attached hydrogens (tertiary/aromatic N) is 2. The smallest absolute Gasteiger partial charge is 0.190 e.